The van der Waals surface area contributed by atoms with Crippen LogP contribution in [0.15, 0.2) is 6.20 Å². The predicted octanol–water partition coefficient (Wildman–Crippen LogP) is 1.26. The molecule has 0 spiro atoms. The van der Waals surface area contributed by atoms with Gasteiger partial charge in [0.2, 0.25) is 5.95 Å². The summed E-state index contributed by atoms with van der Waals surface area (Å²) in [6.07, 6.45) is 4.01. The Balaban J connectivity index is 1.85. The number of hydrogen-bond acceptors (Lipinski definition) is 6. The van der Waals surface area contributed by atoms with Crippen LogP contribution in [0.3, 0.4) is 0 Å². The maximum Gasteiger partial charge on any atom is 0.226 e. The lowest BCUT2D eigenvalue weighted by Gasteiger charge is -2.28. The fourth-order valence-corrected chi connectivity index (χ4v) is 2.63. The van der Waals surface area contributed by atoms with Gasteiger partial charge in [0.25, 0.3) is 0 Å². The van der Waals surface area contributed by atoms with E-state index in [0.29, 0.717) is 11.9 Å². The van der Waals surface area contributed by atoms with Gasteiger partial charge in [0.15, 0.2) is 5.65 Å². The molecule has 2 aromatic rings. The van der Waals surface area contributed by atoms with E-state index in [2.05, 4.69) is 37.4 Å². The standard InChI is InChI=1S/C13H20N6O/c1-14-13-16-11-10(7-15-18-11)12(17-13)19(2)8-9-3-5-20-6-4-9/h7,9H,3-6,8H2,1-2H3,(H2,14,15,16,17,18). The van der Waals surface area contributed by atoms with Gasteiger partial charge >= 0.3 is 0 Å². The topological polar surface area (TPSA) is 79.0 Å². The molecule has 0 radical (unpaired) electrons. The molecule has 0 atom stereocenters. The SMILES string of the molecule is CNc1nc(N(C)CC2CCOCC2)c2cn[nH]c2n1. The van der Waals surface area contributed by atoms with Gasteiger partial charge < -0.3 is 15.0 Å². The summed E-state index contributed by atoms with van der Waals surface area (Å²) in [6, 6.07) is 0. The van der Waals surface area contributed by atoms with Crippen LogP contribution in [-0.2, 0) is 4.74 Å². The van der Waals surface area contributed by atoms with Crippen LogP contribution in [-0.4, -0.2) is 54.0 Å². The molecule has 0 amide bonds. The summed E-state index contributed by atoms with van der Waals surface area (Å²) in [7, 11) is 3.89. The molecule has 0 aliphatic carbocycles. The second-order valence-electron chi connectivity index (χ2n) is 5.19. The lowest BCUT2D eigenvalue weighted by molar-refractivity contribution is 0.0685. The first-order chi connectivity index (χ1) is 9.78. The molecule has 108 valence electrons. The lowest BCUT2D eigenvalue weighted by atomic mass is 10.00. The molecule has 7 heteroatoms. The van der Waals surface area contributed by atoms with Crippen molar-refractivity contribution in [3.8, 4) is 0 Å². The normalized spacial score (nSPS) is 16.5. The molecule has 0 unspecified atom stereocenters. The number of ether oxygens (including phenoxy) is 1. The van der Waals surface area contributed by atoms with Crippen molar-refractivity contribution in [2.75, 3.05) is 44.1 Å². The number of anilines is 2. The summed E-state index contributed by atoms with van der Waals surface area (Å²) in [6.45, 7) is 2.71. The van der Waals surface area contributed by atoms with Gasteiger partial charge in [0.05, 0.1) is 11.6 Å². The zero-order valence-electron chi connectivity index (χ0n) is 11.9. The van der Waals surface area contributed by atoms with Crippen molar-refractivity contribution < 1.29 is 4.74 Å². The summed E-state index contributed by atoms with van der Waals surface area (Å²) >= 11 is 0. The number of hydrogen-bond donors (Lipinski definition) is 2. The average Bonchev–Trinajstić information content (AvgIpc) is 2.95. The van der Waals surface area contributed by atoms with Crippen molar-refractivity contribution in [3.05, 3.63) is 6.20 Å². The number of nitrogens with one attached hydrogen (secondary N) is 2. The maximum atomic E-state index is 5.41. The zero-order chi connectivity index (χ0) is 13.9. The van der Waals surface area contributed by atoms with Crippen molar-refractivity contribution in [1.82, 2.24) is 20.2 Å². The van der Waals surface area contributed by atoms with Gasteiger partial charge in [-0.15, -0.1) is 0 Å². The Kier molecular flexibility index (Phi) is 3.68. The Morgan fingerprint density at radius 2 is 2.20 bits per heavy atom. The highest BCUT2D eigenvalue weighted by Gasteiger charge is 2.19. The van der Waals surface area contributed by atoms with Crippen LogP contribution in [0.25, 0.3) is 11.0 Å². The van der Waals surface area contributed by atoms with E-state index in [1.807, 2.05) is 7.05 Å². The minimum absolute atomic E-state index is 0.607. The van der Waals surface area contributed by atoms with Crippen LogP contribution in [0.4, 0.5) is 11.8 Å². The molecular formula is C13H20N6O. The summed E-state index contributed by atoms with van der Waals surface area (Å²) in [5.41, 5.74) is 0.762. The van der Waals surface area contributed by atoms with E-state index in [0.717, 1.165) is 49.5 Å². The molecule has 7 nitrogen and oxygen atoms in total. The van der Waals surface area contributed by atoms with Crippen LogP contribution in [0, 0.1) is 5.92 Å². The Morgan fingerprint density at radius 1 is 1.40 bits per heavy atom. The van der Waals surface area contributed by atoms with Crippen LogP contribution < -0.4 is 10.2 Å². The number of fused-ring (bicyclic) bond motifs is 1. The fraction of sp³-hybridized carbons (Fsp3) is 0.615. The van der Waals surface area contributed by atoms with Crippen molar-refractivity contribution in [1.29, 1.82) is 0 Å². The van der Waals surface area contributed by atoms with E-state index in [9.17, 15) is 0 Å². The minimum Gasteiger partial charge on any atom is -0.381 e. The Morgan fingerprint density at radius 3 is 2.95 bits per heavy atom. The molecule has 0 aromatic carbocycles. The number of H-pyrrole nitrogens is 1. The molecular weight excluding hydrogens is 256 g/mol. The fourth-order valence-electron chi connectivity index (χ4n) is 2.63. The van der Waals surface area contributed by atoms with Crippen LogP contribution in [0.5, 0.6) is 0 Å². The highest BCUT2D eigenvalue weighted by Crippen LogP contribution is 2.25. The summed E-state index contributed by atoms with van der Waals surface area (Å²) in [4.78, 5) is 11.1. The first kappa shape index (κ1) is 13.1. The van der Waals surface area contributed by atoms with Gasteiger partial charge in [-0.1, -0.05) is 0 Å². The van der Waals surface area contributed by atoms with E-state index < -0.39 is 0 Å². The molecule has 0 bridgehead atoms. The summed E-state index contributed by atoms with van der Waals surface area (Å²) < 4.78 is 5.41. The second kappa shape index (κ2) is 5.62. The molecule has 3 heterocycles. The number of rotatable bonds is 4. The minimum atomic E-state index is 0.607. The lowest BCUT2D eigenvalue weighted by Crippen LogP contribution is -2.30. The molecule has 1 aliphatic rings. The van der Waals surface area contributed by atoms with Gasteiger partial charge in [-0.25, -0.2) is 0 Å². The van der Waals surface area contributed by atoms with Crippen LogP contribution in [0.2, 0.25) is 0 Å². The smallest absolute Gasteiger partial charge is 0.226 e. The summed E-state index contributed by atoms with van der Waals surface area (Å²) in [5, 5.41) is 10.9. The van der Waals surface area contributed by atoms with Crippen molar-refractivity contribution in [2.24, 2.45) is 5.92 Å². The molecule has 1 fully saturated rings. The van der Waals surface area contributed by atoms with E-state index >= 15 is 0 Å². The Hall–Kier alpha value is -1.89. The van der Waals surface area contributed by atoms with Gasteiger partial charge in [-0.05, 0) is 18.8 Å². The average molecular weight is 276 g/mol. The van der Waals surface area contributed by atoms with Crippen molar-refractivity contribution in [3.63, 3.8) is 0 Å². The molecule has 0 saturated carbocycles. The van der Waals surface area contributed by atoms with Crippen LogP contribution >= 0.6 is 0 Å². The van der Waals surface area contributed by atoms with E-state index in [1.54, 1.807) is 6.20 Å². The third-order valence-electron chi connectivity index (χ3n) is 3.75. The maximum absolute atomic E-state index is 5.41. The van der Waals surface area contributed by atoms with Gasteiger partial charge in [-0.2, -0.15) is 15.1 Å². The third-order valence-corrected chi connectivity index (χ3v) is 3.75. The van der Waals surface area contributed by atoms with Crippen LogP contribution in [0.1, 0.15) is 12.8 Å². The Labute approximate surface area is 117 Å². The highest BCUT2D eigenvalue weighted by atomic mass is 16.5. The number of nitrogens with zero attached hydrogens (tertiary/aromatic N) is 4. The first-order valence-electron chi connectivity index (χ1n) is 6.95. The third kappa shape index (κ3) is 2.53. The number of aromatic nitrogens is 4. The molecule has 2 N–H and O–H groups in total. The van der Waals surface area contributed by atoms with Gasteiger partial charge in [0.1, 0.15) is 5.82 Å². The van der Waals surface area contributed by atoms with E-state index in [-0.39, 0.29) is 0 Å². The Bertz CT molecular complexity index is 577. The molecule has 20 heavy (non-hydrogen) atoms. The van der Waals surface area contributed by atoms with Crippen molar-refractivity contribution >= 4 is 22.8 Å². The largest absolute Gasteiger partial charge is 0.381 e. The summed E-state index contributed by atoms with van der Waals surface area (Å²) in [5.74, 6) is 2.18. The number of aromatic amines is 1. The first-order valence-corrected chi connectivity index (χ1v) is 6.95. The van der Waals surface area contributed by atoms with E-state index in [1.165, 1.54) is 0 Å². The monoisotopic (exact) mass is 276 g/mol. The van der Waals surface area contributed by atoms with Gasteiger partial charge in [0, 0.05) is 33.9 Å². The molecule has 2 aromatic heterocycles. The highest BCUT2D eigenvalue weighted by molar-refractivity contribution is 5.87. The second-order valence-corrected chi connectivity index (χ2v) is 5.19. The quantitative estimate of drug-likeness (QED) is 0.875. The predicted molar refractivity (Wildman–Crippen MR) is 78.0 cm³/mol. The molecule has 1 saturated heterocycles. The zero-order valence-corrected chi connectivity index (χ0v) is 11.9. The van der Waals surface area contributed by atoms with Crippen molar-refractivity contribution in [2.45, 2.75) is 12.8 Å². The van der Waals surface area contributed by atoms with Gasteiger partial charge in [-0.3, -0.25) is 5.10 Å². The molecule has 1 aliphatic heterocycles. The molecule has 3 rings (SSSR count). The van der Waals surface area contributed by atoms with E-state index in [4.69, 9.17) is 4.74 Å².